The van der Waals surface area contributed by atoms with Gasteiger partial charge in [0.15, 0.2) is 11.6 Å². The third-order valence-electron chi connectivity index (χ3n) is 6.01. The van der Waals surface area contributed by atoms with E-state index in [9.17, 15) is 27.2 Å². The number of fused-ring (bicyclic) bond motifs is 1. The van der Waals surface area contributed by atoms with Crippen molar-refractivity contribution >= 4 is 28.6 Å². The molecule has 0 atom stereocenters. The van der Waals surface area contributed by atoms with Crippen molar-refractivity contribution in [2.75, 3.05) is 36.4 Å². The number of aromatic nitrogens is 2. The van der Waals surface area contributed by atoms with E-state index < -0.39 is 18.0 Å². The second kappa shape index (κ2) is 11.1. The minimum Gasteiger partial charge on any atom is -0.475 e. The molecule has 1 aliphatic heterocycles. The van der Waals surface area contributed by atoms with E-state index in [-0.39, 0.29) is 5.82 Å². The molecule has 0 bridgehead atoms. The minimum absolute atomic E-state index is 0.374. The SMILES string of the molecule is N#Cc1ccc2nc(NC3CC3)c(N3CCN(Cc4cc(F)ccc4F)CC3)nc2c1.O=C(O)C(F)(F)F. The molecule has 2 heterocycles. The molecule has 1 aliphatic carbocycles. The summed E-state index contributed by atoms with van der Waals surface area (Å²) in [5, 5.41) is 19.8. The number of aliphatic carboxylic acids is 1. The summed E-state index contributed by atoms with van der Waals surface area (Å²) in [7, 11) is 0. The Morgan fingerprint density at radius 2 is 1.74 bits per heavy atom. The molecule has 0 spiro atoms. The molecule has 2 N–H and O–H groups in total. The van der Waals surface area contributed by atoms with E-state index in [0.717, 1.165) is 36.1 Å². The van der Waals surface area contributed by atoms with Crippen molar-refractivity contribution in [3.63, 3.8) is 0 Å². The fraction of sp³-hybridized carbons (Fsp3) is 0.360. The maximum Gasteiger partial charge on any atom is 0.490 e. The molecule has 2 aromatic carbocycles. The molecule has 0 unspecified atom stereocenters. The molecule has 200 valence electrons. The summed E-state index contributed by atoms with van der Waals surface area (Å²) in [6.07, 6.45) is -2.83. The zero-order chi connectivity index (χ0) is 27.4. The Hall–Kier alpha value is -4.05. The second-order valence-corrected chi connectivity index (χ2v) is 8.93. The normalized spacial score (nSPS) is 15.9. The lowest BCUT2D eigenvalue weighted by molar-refractivity contribution is -0.192. The molecule has 0 amide bonds. The number of carbonyl (C=O) groups is 1. The van der Waals surface area contributed by atoms with Crippen molar-refractivity contribution < 1.29 is 31.9 Å². The number of nitrogens with one attached hydrogen (secondary N) is 1. The molecular weight excluding hydrogens is 511 g/mol. The van der Waals surface area contributed by atoms with Crippen LogP contribution in [0.2, 0.25) is 0 Å². The summed E-state index contributed by atoms with van der Waals surface area (Å²) in [6.45, 7) is 3.19. The molecule has 1 saturated heterocycles. The third-order valence-corrected chi connectivity index (χ3v) is 6.01. The highest BCUT2D eigenvalue weighted by atomic mass is 19.4. The Balaban J connectivity index is 0.000000426. The van der Waals surface area contributed by atoms with E-state index in [1.54, 1.807) is 12.1 Å². The van der Waals surface area contributed by atoms with Gasteiger partial charge in [-0.25, -0.2) is 23.5 Å². The van der Waals surface area contributed by atoms with Gasteiger partial charge in [0.1, 0.15) is 11.6 Å². The molecule has 3 aromatic rings. The van der Waals surface area contributed by atoms with Crippen LogP contribution in [0.1, 0.15) is 24.0 Å². The first kappa shape index (κ1) is 27.0. The predicted molar refractivity (Wildman–Crippen MR) is 128 cm³/mol. The van der Waals surface area contributed by atoms with Crippen molar-refractivity contribution in [2.24, 2.45) is 0 Å². The van der Waals surface area contributed by atoms with Gasteiger partial charge in [0.05, 0.1) is 22.7 Å². The van der Waals surface area contributed by atoms with Crippen molar-refractivity contribution in [3.8, 4) is 6.07 Å². The zero-order valence-electron chi connectivity index (χ0n) is 20.0. The first-order valence-electron chi connectivity index (χ1n) is 11.7. The zero-order valence-corrected chi connectivity index (χ0v) is 20.0. The predicted octanol–water partition coefficient (Wildman–Crippen LogP) is 4.31. The van der Waals surface area contributed by atoms with Gasteiger partial charge in [-0.15, -0.1) is 0 Å². The van der Waals surface area contributed by atoms with Crippen LogP contribution < -0.4 is 10.2 Å². The number of carboxylic acid groups (broad SMARTS) is 1. The summed E-state index contributed by atoms with van der Waals surface area (Å²) in [5.41, 5.74) is 2.38. The van der Waals surface area contributed by atoms with Gasteiger partial charge >= 0.3 is 12.1 Å². The van der Waals surface area contributed by atoms with Gasteiger partial charge in [0, 0.05) is 44.3 Å². The fourth-order valence-electron chi connectivity index (χ4n) is 3.88. The van der Waals surface area contributed by atoms with E-state index in [0.29, 0.717) is 55.4 Å². The Morgan fingerprint density at radius 1 is 1.05 bits per heavy atom. The third kappa shape index (κ3) is 6.83. The average molecular weight is 534 g/mol. The standard InChI is InChI=1S/C23H22F2N6.C2HF3O2/c24-17-2-5-19(25)16(12-17)14-30-7-9-31(10-8-30)23-22(27-18-3-4-18)28-20-6-1-15(13-26)11-21(20)29-23;3-2(4,5)1(6)7/h1-2,5-6,11-12,18H,3-4,7-10,14H2,(H,27,28);(H,6,7). The Kier molecular flexibility index (Phi) is 7.91. The number of nitriles is 1. The van der Waals surface area contributed by atoms with Crippen molar-refractivity contribution in [2.45, 2.75) is 31.6 Å². The average Bonchev–Trinajstić information content (AvgIpc) is 3.70. The van der Waals surface area contributed by atoms with Crippen LogP contribution >= 0.6 is 0 Å². The van der Waals surface area contributed by atoms with Crippen molar-refractivity contribution in [1.29, 1.82) is 5.26 Å². The summed E-state index contributed by atoms with van der Waals surface area (Å²) >= 11 is 0. The maximum atomic E-state index is 14.0. The Morgan fingerprint density at radius 3 is 2.34 bits per heavy atom. The van der Waals surface area contributed by atoms with E-state index in [1.165, 1.54) is 12.1 Å². The number of hydrogen-bond acceptors (Lipinski definition) is 7. The second-order valence-electron chi connectivity index (χ2n) is 8.93. The van der Waals surface area contributed by atoms with Crippen molar-refractivity contribution in [1.82, 2.24) is 14.9 Å². The summed E-state index contributed by atoms with van der Waals surface area (Å²) < 4.78 is 59.2. The number of hydrogen-bond donors (Lipinski definition) is 2. The van der Waals surface area contributed by atoms with Crippen LogP contribution in [0.3, 0.4) is 0 Å². The first-order valence-corrected chi connectivity index (χ1v) is 11.7. The lowest BCUT2D eigenvalue weighted by Crippen LogP contribution is -2.46. The van der Waals surface area contributed by atoms with E-state index >= 15 is 0 Å². The molecular formula is C25H23F5N6O2. The number of anilines is 2. The molecule has 2 aliphatic rings. The molecule has 0 radical (unpaired) electrons. The summed E-state index contributed by atoms with van der Waals surface area (Å²) in [4.78, 5) is 22.8. The van der Waals surface area contributed by atoms with E-state index in [2.05, 4.69) is 21.2 Å². The van der Waals surface area contributed by atoms with E-state index in [1.807, 2.05) is 6.07 Å². The van der Waals surface area contributed by atoms with Gasteiger partial charge in [0.2, 0.25) is 0 Å². The van der Waals surface area contributed by atoms with Crippen LogP contribution in [-0.2, 0) is 11.3 Å². The van der Waals surface area contributed by atoms with Crippen LogP contribution in [0.25, 0.3) is 11.0 Å². The Bertz CT molecular complexity index is 1360. The first-order chi connectivity index (χ1) is 18.0. The molecule has 13 heteroatoms. The lowest BCUT2D eigenvalue weighted by atomic mass is 10.1. The Labute approximate surface area is 214 Å². The highest BCUT2D eigenvalue weighted by Gasteiger charge is 2.38. The number of alkyl halides is 3. The molecule has 2 fully saturated rings. The van der Waals surface area contributed by atoms with E-state index in [4.69, 9.17) is 19.9 Å². The summed E-state index contributed by atoms with van der Waals surface area (Å²) in [6, 6.07) is 11.5. The number of benzene rings is 2. The minimum atomic E-state index is -5.08. The van der Waals surface area contributed by atoms with Crippen LogP contribution in [0.4, 0.5) is 33.6 Å². The number of carboxylic acids is 1. The largest absolute Gasteiger partial charge is 0.490 e. The van der Waals surface area contributed by atoms with Gasteiger partial charge in [-0.2, -0.15) is 18.4 Å². The van der Waals surface area contributed by atoms with Gasteiger partial charge in [-0.05, 0) is 49.2 Å². The number of nitrogens with zero attached hydrogens (tertiary/aromatic N) is 5. The lowest BCUT2D eigenvalue weighted by Gasteiger charge is -2.36. The van der Waals surface area contributed by atoms with Crippen molar-refractivity contribution in [3.05, 3.63) is 59.2 Å². The van der Waals surface area contributed by atoms with Gasteiger partial charge in [0.25, 0.3) is 0 Å². The van der Waals surface area contributed by atoms with Crippen LogP contribution in [0.5, 0.6) is 0 Å². The quantitative estimate of drug-likeness (QED) is 0.467. The summed E-state index contributed by atoms with van der Waals surface area (Å²) in [5.74, 6) is -2.01. The number of halogens is 5. The van der Waals surface area contributed by atoms with Crippen LogP contribution in [-0.4, -0.2) is 64.3 Å². The van der Waals surface area contributed by atoms with Crippen LogP contribution in [0, 0.1) is 23.0 Å². The topological polar surface area (TPSA) is 105 Å². The monoisotopic (exact) mass is 534 g/mol. The molecule has 38 heavy (non-hydrogen) atoms. The smallest absolute Gasteiger partial charge is 0.475 e. The fourth-order valence-corrected chi connectivity index (χ4v) is 3.88. The van der Waals surface area contributed by atoms with Crippen LogP contribution in [0.15, 0.2) is 36.4 Å². The van der Waals surface area contributed by atoms with Gasteiger partial charge in [-0.3, -0.25) is 4.90 Å². The molecule has 5 rings (SSSR count). The van der Waals surface area contributed by atoms with Gasteiger partial charge < -0.3 is 15.3 Å². The highest BCUT2D eigenvalue weighted by molar-refractivity contribution is 5.82. The highest BCUT2D eigenvalue weighted by Crippen LogP contribution is 2.31. The molecule has 8 nitrogen and oxygen atoms in total. The number of piperazine rings is 1. The maximum absolute atomic E-state index is 14.0. The molecule has 1 saturated carbocycles. The number of rotatable bonds is 5. The molecule has 1 aromatic heterocycles. The van der Waals surface area contributed by atoms with Gasteiger partial charge in [-0.1, -0.05) is 0 Å².